The van der Waals surface area contributed by atoms with Gasteiger partial charge in [-0.2, -0.15) is 0 Å². The third-order valence-corrected chi connectivity index (χ3v) is 3.66. The van der Waals surface area contributed by atoms with Crippen molar-refractivity contribution < 1.29 is 9.53 Å². The molecule has 0 unspecified atom stereocenters. The van der Waals surface area contributed by atoms with Gasteiger partial charge in [-0.3, -0.25) is 4.79 Å². The van der Waals surface area contributed by atoms with Gasteiger partial charge >= 0.3 is 0 Å². The summed E-state index contributed by atoms with van der Waals surface area (Å²) in [5.74, 6) is 0.955. The Labute approximate surface area is 108 Å². The second kappa shape index (κ2) is 4.41. The van der Waals surface area contributed by atoms with Crippen LogP contribution >= 0.6 is 22.6 Å². The van der Waals surface area contributed by atoms with E-state index in [1.807, 2.05) is 30.3 Å². The molecular weight excluding hydrogens is 315 g/mol. The maximum atomic E-state index is 11.3. The van der Waals surface area contributed by atoms with Gasteiger partial charge in [-0.05, 0) is 52.4 Å². The van der Waals surface area contributed by atoms with Crippen molar-refractivity contribution in [3.05, 3.63) is 39.5 Å². The number of benzene rings is 2. The van der Waals surface area contributed by atoms with E-state index in [1.54, 1.807) is 14.0 Å². The zero-order chi connectivity index (χ0) is 11.7. The quantitative estimate of drug-likeness (QED) is 0.622. The fourth-order valence-electron chi connectivity index (χ4n) is 1.65. The van der Waals surface area contributed by atoms with Crippen LogP contribution < -0.4 is 4.74 Å². The molecule has 16 heavy (non-hydrogen) atoms. The van der Waals surface area contributed by atoms with Gasteiger partial charge in [-0.25, -0.2) is 0 Å². The molecular formula is C13H11IO2. The molecule has 0 fully saturated rings. The van der Waals surface area contributed by atoms with Crippen molar-refractivity contribution >= 4 is 39.1 Å². The molecule has 0 aliphatic carbocycles. The van der Waals surface area contributed by atoms with Gasteiger partial charge in [-0.1, -0.05) is 18.2 Å². The third kappa shape index (κ3) is 1.91. The van der Waals surface area contributed by atoms with Gasteiger partial charge in [0.2, 0.25) is 0 Å². The van der Waals surface area contributed by atoms with Gasteiger partial charge in [-0.15, -0.1) is 0 Å². The van der Waals surface area contributed by atoms with E-state index in [0.29, 0.717) is 0 Å². The highest BCUT2D eigenvalue weighted by Crippen LogP contribution is 2.29. The van der Waals surface area contributed by atoms with Crippen molar-refractivity contribution in [1.82, 2.24) is 0 Å². The van der Waals surface area contributed by atoms with E-state index in [4.69, 9.17) is 4.74 Å². The molecule has 0 aromatic heterocycles. The topological polar surface area (TPSA) is 26.3 Å². The zero-order valence-electron chi connectivity index (χ0n) is 9.08. The predicted octanol–water partition coefficient (Wildman–Crippen LogP) is 3.66. The molecule has 0 bridgehead atoms. The number of carbonyl (C=O) groups is 1. The summed E-state index contributed by atoms with van der Waals surface area (Å²) in [5.41, 5.74) is 0.744. The predicted molar refractivity (Wildman–Crippen MR) is 73.2 cm³/mol. The van der Waals surface area contributed by atoms with Crippen LogP contribution in [0.2, 0.25) is 0 Å². The van der Waals surface area contributed by atoms with Crippen LogP contribution in [0.5, 0.6) is 5.75 Å². The highest BCUT2D eigenvalue weighted by molar-refractivity contribution is 14.1. The molecule has 3 heteroatoms. The molecule has 0 spiro atoms. The monoisotopic (exact) mass is 326 g/mol. The fraction of sp³-hybridized carbons (Fsp3) is 0.154. The van der Waals surface area contributed by atoms with Crippen LogP contribution in [0, 0.1) is 3.57 Å². The lowest BCUT2D eigenvalue weighted by Crippen LogP contribution is -1.93. The Morgan fingerprint density at radius 3 is 2.62 bits per heavy atom. The van der Waals surface area contributed by atoms with E-state index in [-0.39, 0.29) is 5.78 Å². The minimum Gasteiger partial charge on any atom is -0.496 e. The lowest BCUT2D eigenvalue weighted by Gasteiger charge is -2.07. The number of hydrogen-bond acceptors (Lipinski definition) is 2. The zero-order valence-corrected chi connectivity index (χ0v) is 11.2. The van der Waals surface area contributed by atoms with Crippen molar-refractivity contribution in [2.45, 2.75) is 6.92 Å². The Balaban J connectivity index is 2.69. The molecule has 0 amide bonds. The van der Waals surface area contributed by atoms with Gasteiger partial charge in [0.1, 0.15) is 5.75 Å². The Bertz CT molecular complexity index is 561. The van der Waals surface area contributed by atoms with E-state index in [9.17, 15) is 4.79 Å². The molecule has 0 saturated heterocycles. The number of ketones is 1. The molecule has 2 nitrogen and oxygen atoms in total. The van der Waals surface area contributed by atoms with Crippen LogP contribution in [0.25, 0.3) is 10.8 Å². The van der Waals surface area contributed by atoms with Gasteiger partial charge in [0.25, 0.3) is 0 Å². The smallest absolute Gasteiger partial charge is 0.159 e. The van der Waals surface area contributed by atoms with E-state index < -0.39 is 0 Å². The Hall–Kier alpha value is -1.10. The molecule has 0 aliphatic heterocycles. The van der Waals surface area contributed by atoms with E-state index in [2.05, 4.69) is 22.6 Å². The van der Waals surface area contributed by atoms with Crippen LogP contribution in [0.15, 0.2) is 30.3 Å². The summed E-state index contributed by atoms with van der Waals surface area (Å²) in [7, 11) is 1.66. The third-order valence-electron chi connectivity index (χ3n) is 2.55. The molecule has 82 valence electrons. The first-order chi connectivity index (χ1) is 7.63. The Kier molecular flexibility index (Phi) is 3.14. The fourth-order valence-corrected chi connectivity index (χ4v) is 2.54. The van der Waals surface area contributed by atoms with E-state index in [1.165, 1.54) is 0 Å². The SMILES string of the molecule is COc1ccc2cc(C(C)=O)ccc2c1I. The number of Topliss-reactive ketones (excluding diaryl/α,β-unsaturated/α-hetero) is 1. The van der Waals surface area contributed by atoms with Crippen molar-refractivity contribution in [2.24, 2.45) is 0 Å². The lowest BCUT2D eigenvalue weighted by atomic mass is 10.0. The number of rotatable bonds is 2. The van der Waals surface area contributed by atoms with Gasteiger partial charge in [0.05, 0.1) is 10.7 Å². The minimum atomic E-state index is 0.0905. The average molecular weight is 326 g/mol. The van der Waals surface area contributed by atoms with Gasteiger partial charge < -0.3 is 4.74 Å². The summed E-state index contributed by atoms with van der Waals surface area (Å²) >= 11 is 2.26. The average Bonchev–Trinajstić information content (AvgIpc) is 2.29. The van der Waals surface area contributed by atoms with Crippen molar-refractivity contribution in [1.29, 1.82) is 0 Å². The van der Waals surface area contributed by atoms with E-state index >= 15 is 0 Å². The second-order valence-electron chi connectivity index (χ2n) is 3.57. The number of hydrogen-bond donors (Lipinski definition) is 0. The molecule has 2 aromatic rings. The molecule has 0 saturated carbocycles. The van der Waals surface area contributed by atoms with Crippen LogP contribution in [0.4, 0.5) is 0 Å². The number of fused-ring (bicyclic) bond motifs is 1. The summed E-state index contributed by atoms with van der Waals surface area (Å²) in [4.78, 5) is 11.3. The molecule has 2 rings (SSSR count). The molecule has 0 N–H and O–H groups in total. The highest BCUT2D eigenvalue weighted by atomic mass is 127. The summed E-state index contributed by atoms with van der Waals surface area (Å²) < 4.78 is 6.33. The van der Waals surface area contributed by atoms with Crippen LogP contribution in [0.1, 0.15) is 17.3 Å². The maximum Gasteiger partial charge on any atom is 0.159 e. The molecule has 2 aromatic carbocycles. The molecule has 0 atom stereocenters. The normalized spacial score (nSPS) is 10.4. The molecule has 0 radical (unpaired) electrons. The first-order valence-corrected chi connectivity index (χ1v) is 5.98. The number of ether oxygens (including phenoxy) is 1. The lowest BCUT2D eigenvalue weighted by molar-refractivity contribution is 0.101. The summed E-state index contributed by atoms with van der Waals surface area (Å²) in [6, 6.07) is 9.64. The van der Waals surface area contributed by atoms with Crippen LogP contribution in [-0.4, -0.2) is 12.9 Å². The van der Waals surface area contributed by atoms with Crippen molar-refractivity contribution in [3.8, 4) is 5.75 Å². The van der Waals surface area contributed by atoms with Crippen molar-refractivity contribution in [2.75, 3.05) is 7.11 Å². The minimum absolute atomic E-state index is 0.0905. The number of halogens is 1. The maximum absolute atomic E-state index is 11.3. The summed E-state index contributed by atoms with van der Waals surface area (Å²) in [6.45, 7) is 1.58. The van der Waals surface area contributed by atoms with Gasteiger partial charge in [0.15, 0.2) is 5.78 Å². The first-order valence-electron chi connectivity index (χ1n) is 4.90. The molecule has 0 aliphatic rings. The van der Waals surface area contributed by atoms with E-state index in [0.717, 1.165) is 25.7 Å². The Morgan fingerprint density at radius 2 is 2.00 bits per heavy atom. The largest absolute Gasteiger partial charge is 0.496 e. The summed E-state index contributed by atoms with van der Waals surface area (Å²) in [6.07, 6.45) is 0. The summed E-state index contributed by atoms with van der Waals surface area (Å²) in [5, 5.41) is 2.18. The number of carbonyl (C=O) groups excluding carboxylic acids is 1. The van der Waals surface area contributed by atoms with Crippen LogP contribution in [-0.2, 0) is 0 Å². The van der Waals surface area contributed by atoms with Gasteiger partial charge in [0, 0.05) is 5.56 Å². The molecule has 0 heterocycles. The second-order valence-corrected chi connectivity index (χ2v) is 4.65. The number of methoxy groups -OCH3 is 1. The first kappa shape index (κ1) is 11.4. The standard InChI is InChI=1S/C13H11IO2/c1-8(15)9-3-5-11-10(7-9)4-6-12(16-2)13(11)14/h3-7H,1-2H3. The van der Waals surface area contributed by atoms with Crippen LogP contribution in [0.3, 0.4) is 0 Å². The Morgan fingerprint density at radius 1 is 1.25 bits per heavy atom. The van der Waals surface area contributed by atoms with Crippen molar-refractivity contribution in [3.63, 3.8) is 0 Å². The highest BCUT2D eigenvalue weighted by Gasteiger charge is 2.07.